The van der Waals surface area contributed by atoms with Crippen molar-refractivity contribution in [2.24, 2.45) is 5.41 Å². The number of aliphatic hydroxyl groups is 1. The Bertz CT molecular complexity index is 1980. The van der Waals surface area contributed by atoms with Gasteiger partial charge in [0.25, 0.3) is 8.32 Å². The second-order valence-corrected chi connectivity index (χ2v) is 39.2. The molecule has 0 spiro atoms. The summed E-state index contributed by atoms with van der Waals surface area (Å²) in [7, 11) is -5.36. The second-order valence-electron chi connectivity index (χ2n) is 24.6. The standard InChI is InChI=1S/C59H96O8Si3/c1-44(2)69(45(3)4,46(5)6)63-35-33-48-37-51(65-52(38-48)42-60)41-59(61-15)58(13,14)55(62-43-47-27-21-18-22-28-47)40-50(66-59)39-49(67-68(16,17)56(7,8)9)34-36-64-70(57(10,11)12,53-29-23-19-24-30-53)54-31-25-20-26-32-54/h18-33,44-46,49-52,55,60H,34-43H2,1-17H3/b48-33-/t49-,50+,51-,52+,55-,59-/m0/s1. The highest BCUT2D eigenvalue weighted by atomic mass is 28.4. The van der Waals surface area contributed by atoms with E-state index in [4.69, 9.17) is 32.2 Å². The molecule has 0 aliphatic carbocycles. The van der Waals surface area contributed by atoms with Gasteiger partial charge in [0.15, 0.2) is 14.1 Å². The summed E-state index contributed by atoms with van der Waals surface area (Å²) in [5.74, 6) is -1.08. The van der Waals surface area contributed by atoms with E-state index in [9.17, 15) is 5.11 Å². The van der Waals surface area contributed by atoms with Gasteiger partial charge in [0.1, 0.15) is 0 Å². The van der Waals surface area contributed by atoms with E-state index < -0.39 is 36.2 Å². The molecule has 2 saturated heterocycles. The highest BCUT2D eigenvalue weighted by Crippen LogP contribution is 2.52. The van der Waals surface area contributed by atoms with Crippen LogP contribution in [0.15, 0.2) is 103 Å². The van der Waals surface area contributed by atoms with E-state index >= 15 is 0 Å². The molecular weight excluding hydrogens is 921 g/mol. The molecule has 0 unspecified atom stereocenters. The molecule has 3 aromatic rings. The fraction of sp³-hybridized carbons (Fsp3) is 0.661. The third-order valence-electron chi connectivity index (χ3n) is 16.7. The molecule has 2 aliphatic rings. The Morgan fingerprint density at radius 1 is 0.729 bits per heavy atom. The van der Waals surface area contributed by atoms with Gasteiger partial charge in [-0.25, -0.2) is 0 Å². The smallest absolute Gasteiger partial charge is 0.261 e. The van der Waals surface area contributed by atoms with Gasteiger partial charge in [-0.2, -0.15) is 0 Å². The van der Waals surface area contributed by atoms with Crippen LogP contribution < -0.4 is 10.4 Å². The number of hydrogen-bond donors (Lipinski definition) is 1. The second kappa shape index (κ2) is 24.4. The van der Waals surface area contributed by atoms with Crippen molar-refractivity contribution in [3.63, 3.8) is 0 Å². The van der Waals surface area contributed by atoms with Crippen molar-refractivity contribution in [1.29, 1.82) is 0 Å². The molecule has 0 aromatic heterocycles. The zero-order valence-corrected chi connectivity index (χ0v) is 49.7. The number of benzene rings is 3. The predicted molar refractivity (Wildman–Crippen MR) is 298 cm³/mol. The monoisotopic (exact) mass is 1020 g/mol. The van der Waals surface area contributed by atoms with Gasteiger partial charge in [0.2, 0.25) is 8.32 Å². The zero-order chi connectivity index (χ0) is 51.8. The minimum Gasteiger partial charge on any atom is -0.414 e. The maximum Gasteiger partial charge on any atom is 0.261 e. The van der Waals surface area contributed by atoms with Crippen LogP contribution in [0, 0.1) is 5.41 Å². The van der Waals surface area contributed by atoms with Crippen LogP contribution in [-0.2, 0) is 38.8 Å². The summed E-state index contributed by atoms with van der Waals surface area (Å²) in [5.41, 5.74) is 3.29. The van der Waals surface area contributed by atoms with Crippen molar-refractivity contribution in [3.05, 3.63) is 108 Å². The maximum absolute atomic E-state index is 10.7. The summed E-state index contributed by atoms with van der Waals surface area (Å²) < 4.78 is 50.1. The lowest BCUT2D eigenvalue weighted by Crippen LogP contribution is -2.66. The number of methoxy groups -OCH3 is 1. The topological polar surface area (TPSA) is 84.8 Å². The van der Waals surface area contributed by atoms with Gasteiger partial charge in [-0.1, -0.05) is 200 Å². The van der Waals surface area contributed by atoms with Crippen LogP contribution in [0.3, 0.4) is 0 Å². The minimum atomic E-state index is -2.80. The van der Waals surface area contributed by atoms with E-state index in [0.29, 0.717) is 75.0 Å². The van der Waals surface area contributed by atoms with Crippen molar-refractivity contribution in [2.75, 3.05) is 26.9 Å². The molecule has 0 radical (unpaired) electrons. The molecule has 2 aliphatic heterocycles. The first-order valence-electron chi connectivity index (χ1n) is 26.7. The summed E-state index contributed by atoms with van der Waals surface area (Å²) in [6, 6.07) is 32.2. The lowest BCUT2D eigenvalue weighted by Gasteiger charge is -2.56. The molecule has 5 rings (SSSR count). The zero-order valence-electron chi connectivity index (χ0n) is 46.7. The Labute approximate surface area is 429 Å². The van der Waals surface area contributed by atoms with Gasteiger partial charge in [0.05, 0.1) is 44.2 Å². The van der Waals surface area contributed by atoms with Crippen LogP contribution in [0.2, 0.25) is 39.8 Å². The van der Waals surface area contributed by atoms with Crippen LogP contribution in [-0.4, -0.2) is 93.3 Å². The third kappa shape index (κ3) is 13.3. The van der Waals surface area contributed by atoms with Gasteiger partial charge >= 0.3 is 0 Å². The lowest BCUT2D eigenvalue weighted by atomic mass is 9.70. The molecule has 392 valence electrons. The lowest BCUT2D eigenvalue weighted by molar-refractivity contribution is -0.363. The fourth-order valence-electron chi connectivity index (χ4n) is 11.9. The first-order chi connectivity index (χ1) is 32.8. The van der Waals surface area contributed by atoms with Gasteiger partial charge < -0.3 is 37.3 Å². The Morgan fingerprint density at radius 2 is 1.26 bits per heavy atom. The molecule has 2 fully saturated rings. The van der Waals surface area contributed by atoms with Crippen molar-refractivity contribution in [3.8, 4) is 0 Å². The Morgan fingerprint density at radius 3 is 1.74 bits per heavy atom. The maximum atomic E-state index is 10.7. The number of hydrogen-bond acceptors (Lipinski definition) is 8. The van der Waals surface area contributed by atoms with Gasteiger partial charge in [-0.15, -0.1) is 0 Å². The van der Waals surface area contributed by atoms with Crippen molar-refractivity contribution < 1.29 is 37.3 Å². The molecular formula is C59H96O8Si3. The predicted octanol–water partition coefficient (Wildman–Crippen LogP) is 13.5. The summed E-state index contributed by atoms with van der Waals surface area (Å²) in [5, 5.41) is 13.0. The van der Waals surface area contributed by atoms with Crippen molar-refractivity contribution in [2.45, 2.75) is 218 Å². The van der Waals surface area contributed by atoms with Crippen LogP contribution in [0.1, 0.15) is 141 Å². The molecule has 1 N–H and O–H groups in total. The molecule has 8 nitrogen and oxygen atoms in total. The summed E-state index contributed by atoms with van der Waals surface area (Å²) in [6.45, 7) is 38.6. The Hall–Kier alpha value is -2.27. The molecule has 0 amide bonds. The van der Waals surface area contributed by atoms with Gasteiger partial charge in [-0.3, -0.25) is 0 Å². The van der Waals surface area contributed by atoms with E-state index in [-0.39, 0.29) is 47.2 Å². The Balaban J connectivity index is 1.50. The molecule has 3 aromatic carbocycles. The highest BCUT2D eigenvalue weighted by molar-refractivity contribution is 6.99. The van der Waals surface area contributed by atoms with Crippen LogP contribution in [0.25, 0.3) is 0 Å². The molecule has 0 bridgehead atoms. The van der Waals surface area contributed by atoms with Crippen LogP contribution in [0.4, 0.5) is 0 Å². The highest BCUT2D eigenvalue weighted by Gasteiger charge is 2.59. The summed E-state index contributed by atoms with van der Waals surface area (Å²) >= 11 is 0. The first kappa shape index (κ1) is 58.6. The van der Waals surface area contributed by atoms with Crippen LogP contribution >= 0.6 is 0 Å². The summed E-state index contributed by atoms with van der Waals surface area (Å²) in [4.78, 5) is 0. The normalized spacial score (nSPS) is 23.9. The molecule has 11 heteroatoms. The van der Waals surface area contributed by atoms with Gasteiger partial charge in [-0.05, 0) is 81.4 Å². The summed E-state index contributed by atoms with van der Waals surface area (Å²) in [6.07, 6.45) is 4.99. The minimum absolute atomic E-state index is 0.00297. The molecule has 6 atom stereocenters. The average Bonchev–Trinajstić information content (AvgIpc) is 3.29. The fourth-order valence-corrected chi connectivity index (χ4v) is 23.2. The molecule has 0 saturated carbocycles. The number of ether oxygens (including phenoxy) is 4. The van der Waals surface area contributed by atoms with Crippen molar-refractivity contribution in [1.82, 2.24) is 0 Å². The van der Waals surface area contributed by atoms with Crippen LogP contribution in [0.5, 0.6) is 0 Å². The first-order valence-corrected chi connectivity index (χ1v) is 33.6. The van der Waals surface area contributed by atoms with Gasteiger partial charge in [0, 0.05) is 38.1 Å². The van der Waals surface area contributed by atoms with E-state index in [2.05, 4.69) is 201 Å². The Kier molecular flexibility index (Phi) is 20.4. The SMILES string of the molecule is CO[C@@]1(C[C@@H]2C/C(=C/CO[Si](C(C)C)(C(C)C)C(C)C)C[C@H](CO)O2)O[C@H](C[C@H](CCO[Si](c2ccccc2)(c2ccccc2)C(C)(C)C)O[Si](C)(C)C(C)(C)C)C[C@H](OCc2ccccc2)C1(C)C. The quantitative estimate of drug-likeness (QED) is 0.0743. The number of rotatable bonds is 23. The average molecular weight is 1020 g/mol. The third-order valence-corrected chi connectivity index (χ3v) is 32.3. The largest absolute Gasteiger partial charge is 0.414 e. The number of aliphatic hydroxyl groups excluding tert-OH is 1. The molecule has 2 heterocycles. The van der Waals surface area contributed by atoms with E-state index in [1.807, 2.05) is 6.07 Å². The van der Waals surface area contributed by atoms with E-state index in [0.717, 1.165) is 5.56 Å². The van der Waals surface area contributed by atoms with E-state index in [1.165, 1.54) is 15.9 Å². The van der Waals surface area contributed by atoms with E-state index in [1.54, 1.807) is 7.11 Å². The molecule has 70 heavy (non-hydrogen) atoms. The van der Waals surface area contributed by atoms with Crippen molar-refractivity contribution >= 4 is 35.3 Å².